The van der Waals surface area contributed by atoms with Gasteiger partial charge in [-0.05, 0) is 38.3 Å². The summed E-state index contributed by atoms with van der Waals surface area (Å²) in [6.07, 6.45) is 4.00. The van der Waals surface area contributed by atoms with Crippen molar-refractivity contribution >= 4 is 17.3 Å². The fraction of sp³-hybridized carbons (Fsp3) is 0.588. The van der Waals surface area contributed by atoms with Gasteiger partial charge in [-0.1, -0.05) is 18.6 Å². The number of ether oxygens (including phenoxy) is 1. The van der Waals surface area contributed by atoms with Crippen molar-refractivity contribution in [3.05, 3.63) is 24.3 Å². The molecule has 4 heteroatoms. The van der Waals surface area contributed by atoms with Gasteiger partial charge in [0.2, 0.25) is 0 Å². The molecule has 2 rings (SSSR count). The lowest BCUT2D eigenvalue weighted by Gasteiger charge is -2.30. The summed E-state index contributed by atoms with van der Waals surface area (Å²) in [5.74, 6) is 0.00705. The molecule has 0 saturated heterocycles. The van der Waals surface area contributed by atoms with Crippen LogP contribution in [0.4, 0.5) is 11.4 Å². The van der Waals surface area contributed by atoms with Crippen molar-refractivity contribution in [3.8, 4) is 0 Å². The molecule has 1 saturated carbocycles. The minimum atomic E-state index is -0.0371. The molecule has 1 N–H and O–H groups in total. The number of nitrogens with zero attached hydrogens (tertiary/aromatic N) is 1. The van der Waals surface area contributed by atoms with Gasteiger partial charge in [0.15, 0.2) is 0 Å². The lowest BCUT2D eigenvalue weighted by molar-refractivity contribution is -0.149. The van der Waals surface area contributed by atoms with Crippen LogP contribution in [0.3, 0.4) is 0 Å². The molecule has 1 aliphatic carbocycles. The summed E-state index contributed by atoms with van der Waals surface area (Å²) in [5, 5.41) is 3.61. The predicted octanol–water partition coefficient (Wildman–Crippen LogP) is 3.29. The van der Waals surface area contributed by atoms with Gasteiger partial charge in [0.05, 0.1) is 23.9 Å². The molecule has 1 aromatic rings. The number of carbonyl (C=O) groups is 1. The first kappa shape index (κ1) is 15.7. The van der Waals surface area contributed by atoms with Gasteiger partial charge in [-0.25, -0.2) is 0 Å². The summed E-state index contributed by atoms with van der Waals surface area (Å²) in [7, 11) is 4.09. The fourth-order valence-electron chi connectivity index (χ4n) is 3.00. The quantitative estimate of drug-likeness (QED) is 0.845. The van der Waals surface area contributed by atoms with Crippen LogP contribution in [0.2, 0.25) is 0 Å². The Morgan fingerprint density at radius 3 is 2.81 bits per heavy atom. The second-order valence-electron chi connectivity index (χ2n) is 5.87. The van der Waals surface area contributed by atoms with Gasteiger partial charge in [0.25, 0.3) is 0 Å². The molecule has 0 aliphatic heterocycles. The Bertz CT molecular complexity index is 474. The Kier molecular flexibility index (Phi) is 5.48. The molecule has 2 atom stereocenters. The molecule has 1 aliphatic rings. The summed E-state index contributed by atoms with van der Waals surface area (Å²) >= 11 is 0. The van der Waals surface area contributed by atoms with Crippen LogP contribution in [-0.2, 0) is 9.53 Å². The summed E-state index contributed by atoms with van der Waals surface area (Å²) in [6.45, 7) is 2.33. The number of esters is 1. The maximum absolute atomic E-state index is 11.9. The van der Waals surface area contributed by atoms with E-state index >= 15 is 0 Å². The van der Waals surface area contributed by atoms with E-state index in [1.165, 1.54) is 5.69 Å². The van der Waals surface area contributed by atoms with E-state index in [1.54, 1.807) is 0 Å². The third kappa shape index (κ3) is 4.13. The molecule has 2 unspecified atom stereocenters. The van der Waals surface area contributed by atoms with Crippen molar-refractivity contribution in [1.29, 1.82) is 0 Å². The minimum Gasteiger partial charge on any atom is -0.466 e. The summed E-state index contributed by atoms with van der Waals surface area (Å²) in [5.41, 5.74) is 2.31. The molecular formula is C17H26N2O2. The van der Waals surface area contributed by atoms with Gasteiger partial charge in [-0.3, -0.25) is 4.79 Å². The molecule has 116 valence electrons. The van der Waals surface area contributed by atoms with E-state index in [2.05, 4.69) is 22.3 Å². The van der Waals surface area contributed by atoms with Crippen molar-refractivity contribution in [2.75, 3.05) is 30.9 Å². The average Bonchev–Trinajstić information content (AvgIpc) is 2.48. The van der Waals surface area contributed by atoms with E-state index in [4.69, 9.17) is 4.74 Å². The second-order valence-corrected chi connectivity index (χ2v) is 5.87. The largest absolute Gasteiger partial charge is 0.466 e. The molecule has 0 spiro atoms. The number of benzene rings is 1. The van der Waals surface area contributed by atoms with Crippen LogP contribution in [0.25, 0.3) is 0 Å². The molecule has 0 bridgehead atoms. The zero-order chi connectivity index (χ0) is 15.2. The third-order valence-electron chi connectivity index (χ3n) is 4.04. The topological polar surface area (TPSA) is 41.6 Å². The zero-order valence-corrected chi connectivity index (χ0v) is 13.3. The molecule has 0 heterocycles. The number of para-hydroxylation sites is 2. The highest BCUT2D eigenvalue weighted by Crippen LogP contribution is 2.31. The van der Waals surface area contributed by atoms with Gasteiger partial charge in [0.1, 0.15) is 0 Å². The fourth-order valence-corrected chi connectivity index (χ4v) is 3.00. The molecule has 1 aromatic carbocycles. The van der Waals surface area contributed by atoms with E-state index < -0.39 is 0 Å². The monoisotopic (exact) mass is 290 g/mol. The molecule has 0 radical (unpaired) electrons. The van der Waals surface area contributed by atoms with E-state index in [9.17, 15) is 4.79 Å². The van der Waals surface area contributed by atoms with Gasteiger partial charge >= 0.3 is 5.97 Å². The van der Waals surface area contributed by atoms with Crippen LogP contribution < -0.4 is 10.2 Å². The van der Waals surface area contributed by atoms with Crippen LogP contribution in [0.1, 0.15) is 32.6 Å². The van der Waals surface area contributed by atoms with Gasteiger partial charge in [-0.15, -0.1) is 0 Å². The average molecular weight is 290 g/mol. The van der Waals surface area contributed by atoms with E-state index in [0.717, 1.165) is 31.4 Å². The Labute approximate surface area is 127 Å². The normalized spacial score (nSPS) is 21.7. The number of nitrogens with one attached hydrogen (secondary N) is 1. The van der Waals surface area contributed by atoms with Crippen LogP contribution in [0.5, 0.6) is 0 Å². The summed E-state index contributed by atoms with van der Waals surface area (Å²) in [4.78, 5) is 14.0. The maximum atomic E-state index is 11.9. The molecule has 4 nitrogen and oxygen atoms in total. The minimum absolute atomic E-state index is 0.0371. The first-order valence-electron chi connectivity index (χ1n) is 7.81. The van der Waals surface area contributed by atoms with E-state index in [-0.39, 0.29) is 11.9 Å². The summed E-state index contributed by atoms with van der Waals surface area (Å²) < 4.78 is 5.17. The van der Waals surface area contributed by atoms with Crippen molar-refractivity contribution in [1.82, 2.24) is 0 Å². The summed E-state index contributed by atoms with van der Waals surface area (Å²) in [6, 6.07) is 8.63. The molecule has 0 aromatic heterocycles. The van der Waals surface area contributed by atoms with Crippen molar-refractivity contribution in [3.63, 3.8) is 0 Å². The Morgan fingerprint density at radius 1 is 1.33 bits per heavy atom. The molecular weight excluding hydrogens is 264 g/mol. The maximum Gasteiger partial charge on any atom is 0.308 e. The van der Waals surface area contributed by atoms with Crippen LogP contribution >= 0.6 is 0 Å². The third-order valence-corrected chi connectivity index (χ3v) is 4.04. The Morgan fingerprint density at radius 2 is 2.10 bits per heavy atom. The Hall–Kier alpha value is -1.71. The number of rotatable bonds is 5. The Balaban J connectivity index is 2.01. The standard InChI is InChI=1S/C17H26N2O2/c1-4-21-17(20)13-8-7-9-14(12-13)18-15-10-5-6-11-16(15)19(2)3/h5-6,10-11,13-14,18H,4,7-9,12H2,1-3H3. The lowest BCUT2D eigenvalue weighted by Crippen LogP contribution is -2.32. The number of hydrogen-bond acceptors (Lipinski definition) is 4. The number of hydrogen-bond donors (Lipinski definition) is 1. The molecule has 1 fully saturated rings. The SMILES string of the molecule is CCOC(=O)C1CCCC(Nc2ccccc2N(C)C)C1. The van der Waals surface area contributed by atoms with Gasteiger partial charge < -0.3 is 15.0 Å². The number of anilines is 2. The van der Waals surface area contributed by atoms with E-state index in [1.807, 2.05) is 33.2 Å². The first-order chi connectivity index (χ1) is 10.1. The van der Waals surface area contributed by atoms with E-state index in [0.29, 0.717) is 12.6 Å². The predicted molar refractivity (Wildman–Crippen MR) is 86.8 cm³/mol. The van der Waals surface area contributed by atoms with Crippen LogP contribution in [-0.4, -0.2) is 32.7 Å². The van der Waals surface area contributed by atoms with Gasteiger partial charge in [-0.2, -0.15) is 0 Å². The zero-order valence-electron chi connectivity index (χ0n) is 13.3. The highest BCUT2D eigenvalue weighted by molar-refractivity contribution is 5.73. The van der Waals surface area contributed by atoms with Gasteiger partial charge in [0, 0.05) is 20.1 Å². The highest BCUT2D eigenvalue weighted by Gasteiger charge is 2.28. The van der Waals surface area contributed by atoms with Crippen molar-refractivity contribution < 1.29 is 9.53 Å². The molecule has 21 heavy (non-hydrogen) atoms. The lowest BCUT2D eigenvalue weighted by atomic mass is 9.85. The smallest absolute Gasteiger partial charge is 0.308 e. The molecule has 0 amide bonds. The second kappa shape index (κ2) is 7.34. The van der Waals surface area contributed by atoms with Crippen molar-refractivity contribution in [2.24, 2.45) is 5.92 Å². The van der Waals surface area contributed by atoms with Crippen molar-refractivity contribution in [2.45, 2.75) is 38.6 Å². The van der Waals surface area contributed by atoms with Crippen LogP contribution in [0.15, 0.2) is 24.3 Å². The first-order valence-corrected chi connectivity index (χ1v) is 7.81. The highest BCUT2D eigenvalue weighted by atomic mass is 16.5. The number of carbonyl (C=O) groups excluding carboxylic acids is 1. The van der Waals surface area contributed by atoms with Crippen LogP contribution in [0, 0.1) is 5.92 Å².